The van der Waals surface area contributed by atoms with Crippen molar-refractivity contribution in [3.63, 3.8) is 0 Å². The Morgan fingerprint density at radius 3 is 1.14 bits per heavy atom. The Bertz CT molecular complexity index is 1120. The lowest BCUT2D eigenvalue weighted by Gasteiger charge is -2.56. The summed E-state index contributed by atoms with van der Waals surface area (Å²) in [5.74, 6) is 4.07. The summed E-state index contributed by atoms with van der Waals surface area (Å²) >= 11 is 0. The van der Waals surface area contributed by atoms with E-state index >= 15 is 0 Å². The number of unbranched alkanes of at least 4 members (excludes halogenated alkanes) is 4. The minimum atomic E-state index is -0.264. The van der Waals surface area contributed by atoms with Crippen LogP contribution in [0.25, 0.3) is 0 Å². The standard InChI is InChI=1S/C54H90O3/c1-5-9-13-19-45-21-25-49(26-22-45)51(33-15-11-16-34-51)53(56-41-7-3)37-29-47(30-38-53)43-55-44-48-31-39-54(40-32-48,57-42-8-4)52(35-17-12-18-36-52)50-27-23-46(24-28-50)20-14-10-6-2/h29-32,37-40,45-50H,5-28,33-36,41-44H2,1-4H3. The Hall–Kier alpha value is -1.16. The van der Waals surface area contributed by atoms with Gasteiger partial charge in [0.1, 0.15) is 11.2 Å². The van der Waals surface area contributed by atoms with E-state index in [-0.39, 0.29) is 22.0 Å². The molecule has 6 aliphatic rings. The second kappa shape index (κ2) is 22.6. The largest absolute Gasteiger partial charge is 0.380 e. The van der Waals surface area contributed by atoms with Gasteiger partial charge in [0, 0.05) is 35.9 Å². The lowest BCUT2D eigenvalue weighted by atomic mass is 9.52. The normalized spacial score (nSPS) is 35.1. The molecule has 0 unspecified atom stereocenters. The number of ether oxygens (including phenoxy) is 3. The van der Waals surface area contributed by atoms with Gasteiger partial charge in [0.15, 0.2) is 0 Å². The highest BCUT2D eigenvalue weighted by atomic mass is 16.5. The van der Waals surface area contributed by atoms with Gasteiger partial charge in [-0.3, -0.25) is 0 Å². The van der Waals surface area contributed by atoms with Crippen LogP contribution >= 0.6 is 0 Å². The molecule has 4 fully saturated rings. The highest BCUT2D eigenvalue weighted by Gasteiger charge is 2.56. The summed E-state index contributed by atoms with van der Waals surface area (Å²) in [6.07, 6.45) is 58.3. The second-order valence-electron chi connectivity index (χ2n) is 20.4. The van der Waals surface area contributed by atoms with Crippen LogP contribution in [0.2, 0.25) is 0 Å². The monoisotopic (exact) mass is 787 g/mol. The minimum absolute atomic E-state index is 0.237. The molecule has 0 N–H and O–H groups in total. The van der Waals surface area contributed by atoms with Crippen molar-refractivity contribution in [1.29, 1.82) is 0 Å². The van der Waals surface area contributed by atoms with E-state index in [1.807, 2.05) is 0 Å². The van der Waals surface area contributed by atoms with Crippen molar-refractivity contribution in [3.05, 3.63) is 48.6 Å². The molecule has 324 valence electrons. The molecular weight excluding hydrogens is 697 g/mol. The first kappa shape index (κ1) is 45.4. The van der Waals surface area contributed by atoms with Crippen LogP contribution in [-0.4, -0.2) is 37.6 Å². The van der Waals surface area contributed by atoms with Gasteiger partial charge < -0.3 is 14.2 Å². The quantitative estimate of drug-likeness (QED) is 0.0808. The molecule has 0 aromatic heterocycles. The Kier molecular flexibility index (Phi) is 18.0. The van der Waals surface area contributed by atoms with Crippen molar-refractivity contribution in [2.75, 3.05) is 26.4 Å². The van der Waals surface area contributed by atoms with Gasteiger partial charge in [0.05, 0.1) is 13.2 Å². The van der Waals surface area contributed by atoms with Crippen LogP contribution < -0.4 is 0 Å². The lowest BCUT2D eigenvalue weighted by molar-refractivity contribution is -0.126. The van der Waals surface area contributed by atoms with Gasteiger partial charge in [-0.05, 0) is 87.9 Å². The third-order valence-electron chi connectivity index (χ3n) is 16.8. The number of rotatable bonds is 22. The molecule has 57 heavy (non-hydrogen) atoms. The van der Waals surface area contributed by atoms with Crippen LogP contribution in [0.4, 0.5) is 0 Å². The maximum Gasteiger partial charge on any atom is 0.110 e. The second-order valence-corrected chi connectivity index (χ2v) is 20.4. The molecule has 3 heteroatoms. The zero-order valence-corrected chi connectivity index (χ0v) is 37.9. The van der Waals surface area contributed by atoms with E-state index in [0.717, 1.165) is 62.9 Å². The molecule has 0 amide bonds. The van der Waals surface area contributed by atoms with E-state index in [4.69, 9.17) is 14.2 Å². The fraction of sp³-hybridized carbons (Fsp3) is 0.852. The Balaban J connectivity index is 1.08. The van der Waals surface area contributed by atoms with Crippen LogP contribution in [0.3, 0.4) is 0 Å². The zero-order valence-electron chi connectivity index (χ0n) is 37.9. The number of hydrogen-bond donors (Lipinski definition) is 0. The van der Waals surface area contributed by atoms with Gasteiger partial charge >= 0.3 is 0 Å². The molecule has 0 spiro atoms. The first-order chi connectivity index (χ1) is 28.0. The Morgan fingerprint density at radius 2 is 0.807 bits per heavy atom. The highest BCUT2D eigenvalue weighted by molar-refractivity contribution is 5.31. The highest BCUT2D eigenvalue weighted by Crippen LogP contribution is 2.60. The van der Waals surface area contributed by atoms with E-state index < -0.39 is 0 Å². The van der Waals surface area contributed by atoms with Crippen molar-refractivity contribution in [2.24, 2.45) is 46.3 Å². The van der Waals surface area contributed by atoms with Crippen molar-refractivity contribution < 1.29 is 14.2 Å². The zero-order chi connectivity index (χ0) is 39.9. The summed E-state index contributed by atoms with van der Waals surface area (Å²) in [7, 11) is 0. The van der Waals surface area contributed by atoms with Gasteiger partial charge in [-0.25, -0.2) is 0 Å². The molecule has 0 heterocycles. The predicted octanol–water partition coefficient (Wildman–Crippen LogP) is 15.5. The average molecular weight is 787 g/mol. The maximum atomic E-state index is 7.10. The molecule has 0 saturated heterocycles. The molecular formula is C54H90O3. The third-order valence-corrected chi connectivity index (χ3v) is 16.8. The van der Waals surface area contributed by atoms with Crippen molar-refractivity contribution in [2.45, 2.75) is 219 Å². The summed E-state index contributed by atoms with van der Waals surface area (Å²) < 4.78 is 20.8. The summed E-state index contributed by atoms with van der Waals surface area (Å²) in [6.45, 7) is 12.4. The van der Waals surface area contributed by atoms with E-state index in [1.165, 1.54) is 167 Å². The van der Waals surface area contributed by atoms with Gasteiger partial charge in [-0.2, -0.15) is 0 Å². The van der Waals surface area contributed by atoms with Crippen LogP contribution in [-0.2, 0) is 14.2 Å². The molecule has 0 aliphatic heterocycles. The fourth-order valence-electron chi connectivity index (χ4n) is 13.5. The topological polar surface area (TPSA) is 27.7 Å². The van der Waals surface area contributed by atoms with Crippen LogP contribution in [0.15, 0.2) is 48.6 Å². The van der Waals surface area contributed by atoms with Gasteiger partial charge in [-0.15, -0.1) is 0 Å². The molecule has 0 aromatic rings. The van der Waals surface area contributed by atoms with Crippen LogP contribution in [0, 0.1) is 46.3 Å². The van der Waals surface area contributed by atoms with Crippen LogP contribution in [0.5, 0.6) is 0 Å². The molecule has 6 aliphatic carbocycles. The van der Waals surface area contributed by atoms with Crippen LogP contribution in [0.1, 0.15) is 207 Å². The SMILES string of the molecule is CCCCCC1CCC(C2(C3(OCCC)C=CC(COCC4C=CC(OCCC)(C5(C6CCC(CCCCC)CC6)CCCCC5)C=C4)C=C3)CCCCC2)CC1. The number of hydrogen-bond acceptors (Lipinski definition) is 3. The van der Waals surface area contributed by atoms with E-state index in [0.29, 0.717) is 11.8 Å². The third kappa shape index (κ3) is 10.8. The minimum Gasteiger partial charge on any atom is -0.380 e. The van der Waals surface area contributed by atoms with Gasteiger partial charge in [0.2, 0.25) is 0 Å². The molecule has 4 saturated carbocycles. The fourth-order valence-corrected chi connectivity index (χ4v) is 13.5. The van der Waals surface area contributed by atoms with Crippen molar-refractivity contribution >= 4 is 0 Å². The first-order valence-corrected chi connectivity index (χ1v) is 25.6. The molecule has 6 rings (SSSR count). The van der Waals surface area contributed by atoms with E-state index in [2.05, 4.69) is 76.3 Å². The summed E-state index contributed by atoms with van der Waals surface area (Å²) in [4.78, 5) is 0. The van der Waals surface area contributed by atoms with Gasteiger partial charge in [-0.1, -0.05) is 192 Å². The van der Waals surface area contributed by atoms with E-state index in [1.54, 1.807) is 0 Å². The summed E-state index contributed by atoms with van der Waals surface area (Å²) in [5, 5.41) is 0. The first-order valence-electron chi connectivity index (χ1n) is 25.6. The maximum absolute atomic E-state index is 7.10. The van der Waals surface area contributed by atoms with Crippen molar-refractivity contribution in [3.8, 4) is 0 Å². The predicted molar refractivity (Wildman–Crippen MR) is 243 cm³/mol. The van der Waals surface area contributed by atoms with E-state index in [9.17, 15) is 0 Å². The smallest absolute Gasteiger partial charge is 0.110 e. The molecule has 0 bridgehead atoms. The molecule has 0 radical (unpaired) electrons. The average Bonchev–Trinajstić information content (AvgIpc) is 3.27. The molecule has 0 atom stereocenters. The Labute approximate surface area is 353 Å². The summed E-state index contributed by atoms with van der Waals surface area (Å²) in [5.41, 5.74) is -0.0535. The molecule has 0 aromatic carbocycles. The lowest BCUT2D eigenvalue weighted by Crippen LogP contribution is -2.55. The van der Waals surface area contributed by atoms with Gasteiger partial charge in [0.25, 0.3) is 0 Å². The summed E-state index contributed by atoms with van der Waals surface area (Å²) in [6, 6.07) is 0. The molecule has 3 nitrogen and oxygen atoms in total. The van der Waals surface area contributed by atoms with Crippen molar-refractivity contribution in [1.82, 2.24) is 0 Å². The Morgan fingerprint density at radius 1 is 0.439 bits per heavy atom.